The number of amides is 1. The molecular formula is C27H32N2O5. The van der Waals surface area contributed by atoms with Crippen molar-refractivity contribution in [2.75, 3.05) is 33.3 Å². The number of aromatic hydroxyl groups is 1. The number of nitrogens with zero attached hydrogens (tertiary/aromatic N) is 2. The second-order valence-corrected chi connectivity index (χ2v) is 8.08. The van der Waals surface area contributed by atoms with Gasteiger partial charge in [-0.25, -0.2) is 0 Å². The van der Waals surface area contributed by atoms with E-state index in [1.54, 1.807) is 18.2 Å². The second-order valence-electron chi connectivity index (χ2n) is 8.08. The maximum absolute atomic E-state index is 13.2. The molecule has 2 aromatic carbocycles. The number of phenols is 1. The third kappa shape index (κ3) is 5.48. The van der Waals surface area contributed by atoms with E-state index in [-0.39, 0.29) is 17.1 Å². The highest BCUT2D eigenvalue weighted by molar-refractivity contribution is 6.14. The van der Waals surface area contributed by atoms with Crippen molar-refractivity contribution in [2.45, 2.75) is 26.3 Å². The topological polar surface area (TPSA) is 90.3 Å². The van der Waals surface area contributed by atoms with Crippen LogP contribution in [0.5, 0.6) is 11.5 Å². The predicted molar refractivity (Wildman–Crippen MR) is 132 cm³/mol. The van der Waals surface area contributed by atoms with Gasteiger partial charge in [0.15, 0.2) is 23.0 Å². The first-order valence-corrected chi connectivity index (χ1v) is 11.5. The summed E-state index contributed by atoms with van der Waals surface area (Å²) in [6.45, 7) is 7.13. The quantitative estimate of drug-likeness (QED) is 0.487. The Morgan fingerprint density at radius 3 is 2.47 bits per heavy atom. The molecule has 0 fully saturated rings. The van der Waals surface area contributed by atoms with Crippen molar-refractivity contribution in [2.24, 2.45) is 0 Å². The van der Waals surface area contributed by atoms with E-state index < -0.39 is 23.5 Å². The first-order chi connectivity index (χ1) is 16.4. The van der Waals surface area contributed by atoms with E-state index in [1.165, 1.54) is 24.2 Å². The van der Waals surface area contributed by atoms with Crippen LogP contribution in [-0.4, -0.2) is 65.0 Å². The Kier molecular flexibility index (Phi) is 8.49. The van der Waals surface area contributed by atoms with Gasteiger partial charge in [0.2, 0.25) is 0 Å². The number of aliphatic hydroxyl groups is 1. The van der Waals surface area contributed by atoms with Crippen LogP contribution < -0.4 is 4.74 Å². The van der Waals surface area contributed by atoms with Crippen LogP contribution in [0.2, 0.25) is 0 Å². The average molecular weight is 465 g/mol. The maximum atomic E-state index is 13.2. The van der Waals surface area contributed by atoms with Gasteiger partial charge >= 0.3 is 0 Å². The molecule has 34 heavy (non-hydrogen) atoms. The molecular weight excluding hydrogens is 432 g/mol. The molecule has 1 aliphatic heterocycles. The van der Waals surface area contributed by atoms with Crippen molar-refractivity contribution >= 4 is 17.8 Å². The summed E-state index contributed by atoms with van der Waals surface area (Å²) in [5.74, 6) is -1.38. The number of hydrogen-bond acceptors (Lipinski definition) is 6. The molecule has 0 saturated heterocycles. The fourth-order valence-corrected chi connectivity index (χ4v) is 4.18. The molecule has 0 spiro atoms. The van der Waals surface area contributed by atoms with E-state index in [9.17, 15) is 19.8 Å². The summed E-state index contributed by atoms with van der Waals surface area (Å²) in [6.07, 6.45) is 3.72. The van der Waals surface area contributed by atoms with Crippen LogP contribution in [0.25, 0.3) is 6.08 Å². The molecule has 1 heterocycles. The molecule has 2 N–H and O–H groups in total. The van der Waals surface area contributed by atoms with Gasteiger partial charge in [0.1, 0.15) is 0 Å². The second kappa shape index (κ2) is 11.5. The van der Waals surface area contributed by atoms with Crippen molar-refractivity contribution in [1.82, 2.24) is 9.80 Å². The van der Waals surface area contributed by atoms with Gasteiger partial charge in [-0.15, -0.1) is 0 Å². The molecule has 0 bridgehead atoms. The number of ether oxygens (including phenoxy) is 1. The Labute approximate surface area is 200 Å². The average Bonchev–Trinajstić information content (AvgIpc) is 3.11. The summed E-state index contributed by atoms with van der Waals surface area (Å²) in [4.78, 5) is 30.1. The Balaban J connectivity index is 1.95. The molecule has 7 nitrogen and oxygen atoms in total. The maximum Gasteiger partial charge on any atom is 0.290 e. The van der Waals surface area contributed by atoms with E-state index in [2.05, 4.69) is 18.7 Å². The van der Waals surface area contributed by atoms with Crippen LogP contribution in [0.4, 0.5) is 0 Å². The highest BCUT2D eigenvalue weighted by atomic mass is 16.5. The zero-order valence-corrected chi connectivity index (χ0v) is 19.9. The zero-order valence-electron chi connectivity index (χ0n) is 19.9. The van der Waals surface area contributed by atoms with Crippen LogP contribution in [0.3, 0.4) is 0 Å². The van der Waals surface area contributed by atoms with Crippen LogP contribution in [0.1, 0.15) is 37.4 Å². The largest absolute Gasteiger partial charge is 0.504 e. The molecule has 0 aromatic heterocycles. The molecule has 1 atom stereocenters. The number of carbonyl (C=O) groups is 2. The lowest BCUT2D eigenvalue weighted by molar-refractivity contribution is -0.129. The number of ketones is 1. The summed E-state index contributed by atoms with van der Waals surface area (Å²) in [5.41, 5.74) is 1.43. The number of methoxy groups -OCH3 is 1. The minimum atomic E-state index is -0.786. The van der Waals surface area contributed by atoms with Crippen molar-refractivity contribution < 1.29 is 24.5 Å². The van der Waals surface area contributed by atoms with Crippen LogP contribution in [0.15, 0.2) is 65.9 Å². The van der Waals surface area contributed by atoms with Crippen LogP contribution in [0, 0.1) is 0 Å². The molecule has 1 unspecified atom stereocenters. The molecule has 7 heteroatoms. The molecule has 0 radical (unpaired) electrons. The van der Waals surface area contributed by atoms with Crippen molar-refractivity contribution in [3.05, 3.63) is 77.1 Å². The molecule has 1 aliphatic rings. The summed E-state index contributed by atoms with van der Waals surface area (Å²) < 4.78 is 5.24. The number of aliphatic hydroxyl groups excluding tert-OH is 1. The lowest BCUT2D eigenvalue weighted by atomic mass is 9.95. The van der Waals surface area contributed by atoms with E-state index in [4.69, 9.17) is 4.74 Å². The lowest BCUT2D eigenvalue weighted by Crippen LogP contribution is -2.34. The number of phenolic OH excluding ortho intramolecular Hbond substituents is 1. The molecule has 1 amide bonds. The number of carbonyl (C=O) groups excluding carboxylic acids is 2. The first kappa shape index (κ1) is 25.1. The van der Waals surface area contributed by atoms with Gasteiger partial charge in [0, 0.05) is 6.54 Å². The molecule has 2 aromatic rings. The fourth-order valence-electron chi connectivity index (χ4n) is 4.18. The summed E-state index contributed by atoms with van der Waals surface area (Å²) in [5, 5.41) is 20.8. The molecule has 0 aliphatic carbocycles. The smallest absolute Gasteiger partial charge is 0.290 e. The molecule has 0 saturated carbocycles. The van der Waals surface area contributed by atoms with Crippen molar-refractivity contribution in [3.63, 3.8) is 0 Å². The summed E-state index contributed by atoms with van der Waals surface area (Å²) in [6, 6.07) is 13.2. The van der Waals surface area contributed by atoms with E-state index >= 15 is 0 Å². The SMILES string of the molecule is CCN(CC)CCCN1C(=O)C(O)=C(C(=O)C=Cc2ccccc2)C1c1ccc(O)c(OC)c1. The van der Waals surface area contributed by atoms with E-state index in [0.717, 1.165) is 25.2 Å². The Hall–Kier alpha value is -3.58. The fraction of sp³-hybridized carbons (Fsp3) is 0.333. The minimum Gasteiger partial charge on any atom is -0.504 e. The zero-order chi connectivity index (χ0) is 24.7. The van der Waals surface area contributed by atoms with Gasteiger partial charge in [-0.1, -0.05) is 56.3 Å². The van der Waals surface area contributed by atoms with Gasteiger partial charge in [0.25, 0.3) is 5.91 Å². The van der Waals surface area contributed by atoms with Gasteiger partial charge < -0.3 is 24.7 Å². The van der Waals surface area contributed by atoms with Gasteiger partial charge in [-0.05, 0) is 55.4 Å². The Bertz CT molecular complexity index is 1070. The third-order valence-electron chi connectivity index (χ3n) is 6.08. The minimum absolute atomic E-state index is 0.0211. The molecule has 180 valence electrons. The van der Waals surface area contributed by atoms with E-state index in [1.807, 2.05) is 30.3 Å². The van der Waals surface area contributed by atoms with Gasteiger partial charge in [-0.3, -0.25) is 9.59 Å². The van der Waals surface area contributed by atoms with Crippen LogP contribution >= 0.6 is 0 Å². The standard InChI is InChI=1S/C27H32N2O5/c1-4-28(5-2)16-9-17-29-25(20-13-15-21(30)23(18-20)34-3)24(26(32)27(29)33)22(31)14-12-19-10-7-6-8-11-19/h6-8,10-15,18,25,30,32H,4-5,9,16-17H2,1-3H3. The summed E-state index contributed by atoms with van der Waals surface area (Å²) >= 11 is 0. The van der Waals surface area contributed by atoms with Gasteiger partial charge in [0.05, 0.1) is 18.7 Å². The Morgan fingerprint density at radius 1 is 1.12 bits per heavy atom. The third-order valence-corrected chi connectivity index (χ3v) is 6.08. The summed E-state index contributed by atoms with van der Waals surface area (Å²) in [7, 11) is 1.43. The van der Waals surface area contributed by atoms with Crippen molar-refractivity contribution in [1.29, 1.82) is 0 Å². The highest BCUT2D eigenvalue weighted by Crippen LogP contribution is 2.40. The number of rotatable bonds is 11. The predicted octanol–water partition coefficient (Wildman–Crippen LogP) is 4.11. The van der Waals surface area contributed by atoms with Crippen molar-refractivity contribution in [3.8, 4) is 11.5 Å². The van der Waals surface area contributed by atoms with Gasteiger partial charge in [-0.2, -0.15) is 0 Å². The van der Waals surface area contributed by atoms with Crippen LogP contribution in [-0.2, 0) is 9.59 Å². The monoisotopic (exact) mass is 464 g/mol. The number of hydrogen-bond donors (Lipinski definition) is 2. The van der Waals surface area contributed by atoms with E-state index in [0.29, 0.717) is 18.5 Å². The highest BCUT2D eigenvalue weighted by Gasteiger charge is 2.42. The first-order valence-electron chi connectivity index (χ1n) is 11.5. The molecule has 3 rings (SSSR count). The lowest BCUT2D eigenvalue weighted by Gasteiger charge is -2.28. The number of benzene rings is 2. The Morgan fingerprint density at radius 2 is 1.82 bits per heavy atom. The normalized spacial score (nSPS) is 16.2. The number of allylic oxidation sites excluding steroid dienone is 1.